The van der Waals surface area contributed by atoms with Gasteiger partial charge in [-0.1, -0.05) is 60.3 Å². The molecule has 0 saturated heterocycles. The lowest BCUT2D eigenvalue weighted by Crippen LogP contribution is -2.24. The van der Waals surface area contributed by atoms with Crippen LogP contribution in [0.25, 0.3) is 0 Å². The van der Waals surface area contributed by atoms with E-state index in [1.165, 1.54) is 11.8 Å². The summed E-state index contributed by atoms with van der Waals surface area (Å²) in [5.41, 5.74) is 3.59. The van der Waals surface area contributed by atoms with Crippen molar-refractivity contribution in [2.24, 2.45) is 0 Å². The van der Waals surface area contributed by atoms with Gasteiger partial charge in [0.1, 0.15) is 0 Å². The Labute approximate surface area is 162 Å². The maximum atomic E-state index is 12.4. The van der Waals surface area contributed by atoms with E-state index in [4.69, 9.17) is 0 Å². The van der Waals surface area contributed by atoms with Crippen molar-refractivity contribution < 1.29 is 4.79 Å². The average Bonchev–Trinajstić information content (AvgIpc) is 2.66. The van der Waals surface area contributed by atoms with E-state index in [-0.39, 0.29) is 17.9 Å². The number of carbonyl (C=O) groups is 1. The Bertz CT molecular complexity index is 1000. The van der Waals surface area contributed by atoms with Gasteiger partial charge in [-0.25, -0.2) is 4.98 Å². The maximum Gasteiger partial charge on any atom is 0.255 e. The summed E-state index contributed by atoms with van der Waals surface area (Å²) < 4.78 is 0. The average molecular weight is 379 g/mol. The van der Waals surface area contributed by atoms with Crippen LogP contribution < -0.4 is 10.9 Å². The summed E-state index contributed by atoms with van der Waals surface area (Å²) in [5, 5.41) is 3.41. The number of nitrogens with zero attached hydrogens (tertiary/aromatic N) is 1. The van der Waals surface area contributed by atoms with Crippen LogP contribution in [-0.4, -0.2) is 15.9 Å². The molecule has 0 unspecified atom stereocenters. The van der Waals surface area contributed by atoms with E-state index in [2.05, 4.69) is 15.3 Å². The lowest BCUT2D eigenvalue weighted by molar-refractivity contribution is -0.115. The molecule has 6 heteroatoms. The van der Waals surface area contributed by atoms with Gasteiger partial charge in [-0.2, -0.15) is 0 Å². The van der Waals surface area contributed by atoms with Crippen molar-refractivity contribution >= 4 is 23.4 Å². The molecule has 3 aromatic rings. The highest BCUT2D eigenvalue weighted by atomic mass is 32.2. The standard InChI is InChI=1S/C21H21N3O2S/c1-14-8-6-7-11-18(14)23-19(25)12-17-15(2)22-21(24-20(17)26)27-13-16-9-4-3-5-10-16/h3-11H,12-13H2,1-2H3,(H,23,25)(H,22,24,26). The highest BCUT2D eigenvalue weighted by molar-refractivity contribution is 7.98. The van der Waals surface area contributed by atoms with Crippen molar-refractivity contribution in [3.8, 4) is 0 Å². The number of aromatic amines is 1. The Morgan fingerprint density at radius 3 is 2.48 bits per heavy atom. The smallest absolute Gasteiger partial charge is 0.255 e. The molecule has 1 heterocycles. The molecule has 0 atom stereocenters. The molecule has 1 aromatic heterocycles. The summed E-state index contributed by atoms with van der Waals surface area (Å²) in [7, 11) is 0. The van der Waals surface area contributed by atoms with Gasteiger partial charge >= 0.3 is 0 Å². The fourth-order valence-electron chi connectivity index (χ4n) is 2.66. The number of carbonyl (C=O) groups excluding carboxylic acids is 1. The molecule has 0 aliphatic rings. The quantitative estimate of drug-likeness (QED) is 0.504. The molecule has 27 heavy (non-hydrogen) atoms. The minimum Gasteiger partial charge on any atom is -0.326 e. The van der Waals surface area contributed by atoms with Gasteiger partial charge in [-0.05, 0) is 31.0 Å². The lowest BCUT2D eigenvalue weighted by Gasteiger charge is -2.09. The molecular formula is C21H21N3O2S. The van der Waals surface area contributed by atoms with Crippen molar-refractivity contribution in [3.63, 3.8) is 0 Å². The first-order valence-electron chi connectivity index (χ1n) is 8.65. The molecule has 0 radical (unpaired) electrons. The number of H-pyrrole nitrogens is 1. The highest BCUT2D eigenvalue weighted by Crippen LogP contribution is 2.19. The molecule has 2 aromatic carbocycles. The largest absolute Gasteiger partial charge is 0.326 e. The first-order chi connectivity index (χ1) is 13.0. The summed E-state index contributed by atoms with van der Waals surface area (Å²) >= 11 is 1.47. The van der Waals surface area contributed by atoms with Crippen LogP contribution in [0.3, 0.4) is 0 Å². The van der Waals surface area contributed by atoms with E-state index in [0.717, 1.165) is 22.6 Å². The zero-order chi connectivity index (χ0) is 19.2. The van der Waals surface area contributed by atoms with Crippen LogP contribution in [0.4, 0.5) is 5.69 Å². The van der Waals surface area contributed by atoms with Gasteiger partial charge in [0.15, 0.2) is 5.16 Å². The Kier molecular flexibility index (Phi) is 6.08. The highest BCUT2D eigenvalue weighted by Gasteiger charge is 2.14. The number of aryl methyl sites for hydroxylation is 2. The second-order valence-electron chi connectivity index (χ2n) is 6.25. The van der Waals surface area contributed by atoms with Gasteiger partial charge < -0.3 is 10.3 Å². The van der Waals surface area contributed by atoms with Crippen molar-refractivity contribution in [2.45, 2.75) is 31.2 Å². The van der Waals surface area contributed by atoms with Crippen LogP contribution in [0.1, 0.15) is 22.4 Å². The second kappa shape index (κ2) is 8.68. The molecule has 2 N–H and O–H groups in total. The van der Waals surface area contributed by atoms with Gasteiger partial charge in [0.05, 0.1) is 6.42 Å². The number of hydrogen-bond acceptors (Lipinski definition) is 4. The number of para-hydroxylation sites is 1. The zero-order valence-corrected chi connectivity index (χ0v) is 16.1. The third-order valence-electron chi connectivity index (χ3n) is 4.18. The number of hydrogen-bond donors (Lipinski definition) is 2. The fraction of sp³-hybridized carbons (Fsp3) is 0.190. The van der Waals surface area contributed by atoms with Crippen molar-refractivity contribution in [3.05, 3.63) is 87.3 Å². The van der Waals surface area contributed by atoms with Gasteiger partial charge in [-0.3, -0.25) is 9.59 Å². The summed E-state index contributed by atoms with van der Waals surface area (Å²) in [5.74, 6) is 0.487. The van der Waals surface area contributed by atoms with Gasteiger partial charge in [0.25, 0.3) is 5.56 Å². The van der Waals surface area contributed by atoms with E-state index in [1.54, 1.807) is 6.92 Å². The molecular weight excluding hydrogens is 358 g/mol. The monoisotopic (exact) mass is 379 g/mol. The predicted octanol–water partition coefficient (Wildman–Crippen LogP) is 3.86. The number of anilines is 1. The SMILES string of the molecule is Cc1ccccc1NC(=O)Cc1c(C)nc(SCc2ccccc2)[nH]c1=O. The molecule has 0 aliphatic heterocycles. The van der Waals surface area contributed by atoms with E-state index in [0.29, 0.717) is 16.4 Å². The Balaban J connectivity index is 1.68. The summed E-state index contributed by atoms with van der Waals surface area (Å²) in [6.45, 7) is 3.69. The Hall–Kier alpha value is -2.86. The normalized spacial score (nSPS) is 10.6. The van der Waals surface area contributed by atoms with Crippen LogP contribution in [0.2, 0.25) is 0 Å². The minimum atomic E-state index is -0.266. The van der Waals surface area contributed by atoms with Crippen molar-refractivity contribution in [1.82, 2.24) is 9.97 Å². The van der Waals surface area contributed by atoms with Crippen molar-refractivity contribution in [1.29, 1.82) is 0 Å². The molecule has 0 saturated carbocycles. The first-order valence-corrected chi connectivity index (χ1v) is 9.63. The van der Waals surface area contributed by atoms with E-state index in [9.17, 15) is 9.59 Å². The first kappa shape index (κ1) is 18.9. The van der Waals surface area contributed by atoms with E-state index in [1.807, 2.05) is 61.5 Å². The van der Waals surface area contributed by atoms with Gasteiger partial charge in [-0.15, -0.1) is 0 Å². The van der Waals surface area contributed by atoms with Gasteiger partial charge in [0.2, 0.25) is 5.91 Å². The van der Waals surface area contributed by atoms with Crippen LogP contribution in [0.15, 0.2) is 64.5 Å². The van der Waals surface area contributed by atoms with Crippen LogP contribution in [0, 0.1) is 13.8 Å². The number of amides is 1. The number of rotatable bonds is 6. The van der Waals surface area contributed by atoms with E-state index < -0.39 is 0 Å². The Morgan fingerprint density at radius 1 is 1.07 bits per heavy atom. The minimum absolute atomic E-state index is 0.00780. The molecule has 5 nitrogen and oxygen atoms in total. The molecule has 0 bridgehead atoms. The molecule has 3 rings (SSSR count). The number of thioether (sulfide) groups is 1. The molecule has 0 fully saturated rings. The van der Waals surface area contributed by atoms with Crippen molar-refractivity contribution in [2.75, 3.05) is 5.32 Å². The van der Waals surface area contributed by atoms with Gasteiger partial charge in [0, 0.05) is 22.7 Å². The Morgan fingerprint density at radius 2 is 1.78 bits per heavy atom. The zero-order valence-electron chi connectivity index (χ0n) is 15.3. The molecule has 1 amide bonds. The maximum absolute atomic E-state index is 12.4. The number of nitrogens with one attached hydrogen (secondary N) is 2. The second-order valence-corrected chi connectivity index (χ2v) is 7.21. The summed E-state index contributed by atoms with van der Waals surface area (Å²) in [6.07, 6.45) is -0.00780. The van der Waals surface area contributed by atoms with E-state index >= 15 is 0 Å². The predicted molar refractivity (Wildman–Crippen MR) is 109 cm³/mol. The number of aromatic nitrogens is 2. The molecule has 0 spiro atoms. The third-order valence-corrected chi connectivity index (χ3v) is 5.12. The lowest BCUT2D eigenvalue weighted by atomic mass is 10.1. The van der Waals surface area contributed by atoms with Crippen LogP contribution in [0.5, 0.6) is 0 Å². The van der Waals surface area contributed by atoms with Crippen LogP contribution in [-0.2, 0) is 17.0 Å². The molecule has 0 aliphatic carbocycles. The molecule has 138 valence electrons. The topological polar surface area (TPSA) is 74.8 Å². The summed E-state index contributed by atoms with van der Waals surface area (Å²) in [6, 6.07) is 17.5. The fourth-order valence-corrected chi connectivity index (χ4v) is 3.52. The van der Waals surface area contributed by atoms with Crippen LogP contribution >= 0.6 is 11.8 Å². The summed E-state index contributed by atoms with van der Waals surface area (Å²) in [4.78, 5) is 32.0. The number of benzene rings is 2. The third kappa shape index (κ3) is 5.08.